The van der Waals surface area contributed by atoms with Crippen molar-refractivity contribution in [3.05, 3.63) is 23.9 Å². The Morgan fingerprint density at radius 1 is 1.67 bits per heavy atom. The summed E-state index contributed by atoms with van der Waals surface area (Å²) in [6, 6.07) is 5.26. The normalized spacial score (nSPS) is 11.5. The van der Waals surface area contributed by atoms with Gasteiger partial charge in [0.2, 0.25) is 5.88 Å². The Morgan fingerprint density at radius 2 is 2.40 bits per heavy atom. The second-order valence-electron chi connectivity index (χ2n) is 3.22. The Hall–Kier alpha value is -1.89. The highest BCUT2D eigenvalue weighted by molar-refractivity contribution is 5.97. The first-order valence-corrected chi connectivity index (χ1v) is 4.60. The lowest BCUT2D eigenvalue weighted by Gasteiger charge is -2.06. The van der Waals surface area contributed by atoms with Gasteiger partial charge in [-0.3, -0.25) is 4.79 Å². The lowest BCUT2D eigenvalue weighted by molar-refractivity contribution is 0.0931. The monoisotopic (exact) mass is 204 g/mol. The molecule has 1 aromatic rings. The number of ether oxygens (including phenoxy) is 1. The summed E-state index contributed by atoms with van der Waals surface area (Å²) in [5.41, 5.74) is 0.513. The third-order valence-electron chi connectivity index (χ3n) is 2.08. The fraction of sp³-hybridized carbons (Fsp3) is 0.364. The SMILES string of the molecule is COc1ccc(C(=O)C(C)CC#N)cn1. The molecule has 0 amide bonds. The van der Waals surface area contributed by atoms with Gasteiger partial charge in [-0.25, -0.2) is 4.98 Å². The molecule has 1 rings (SSSR count). The third kappa shape index (κ3) is 2.78. The Balaban J connectivity index is 2.79. The van der Waals surface area contributed by atoms with Crippen molar-refractivity contribution in [2.24, 2.45) is 5.92 Å². The molecule has 0 aliphatic heterocycles. The summed E-state index contributed by atoms with van der Waals surface area (Å²) in [6.45, 7) is 1.73. The molecule has 0 saturated carbocycles. The Kier molecular flexibility index (Phi) is 3.81. The van der Waals surface area contributed by atoms with Crippen molar-refractivity contribution in [1.82, 2.24) is 4.98 Å². The van der Waals surface area contributed by atoms with Crippen molar-refractivity contribution >= 4 is 5.78 Å². The molecule has 1 heterocycles. The topological polar surface area (TPSA) is 63.0 Å². The highest BCUT2D eigenvalue weighted by Crippen LogP contribution is 2.13. The first kappa shape index (κ1) is 11.2. The number of Topliss-reactive ketones (excluding diaryl/α,β-unsaturated/α-hetero) is 1. The van der Waals surface area contributed by atoms with Gasteiger partial charge >= 0.3 is 0 Å². The van der Waals surface area contributed by atoms with Gasteiger partial charge in [0.05, 0.1) is 13.2 Å². The van der Waals surface area contributed by atoms with Gasteiger partial charge < -0.3 is 4.74 Å². The van der Waals surface area contributed by atoms with E-state index < -0.39 is 0 Å². The third-order valence-corrected chi connectivity index (χ3v) is 2.08. The second-order valence-corrected chi connectivity index (χ2v) is 3.22. The van der Waals surface area contributed by atoms with Crippen LogP contribution in [0.15, 0.2) is 18.3 Å². The van der Waals surface area contributed by atoms with E-state index in [2.05, 4.69) is 4.98 Å². The first-order valence-electron chi connectivity index (χ1n) is 4.60. The highest BCUT2D eigenvalue weighted by Gasteiger charge is 2.14. The molecule has 0 N–H and O–H groups in total. The van der Waals surface area contributed by atoms with E-state index in [0.29, 0.717) is 11.4 Å². The Labute approximate surface area is 88.5 Å². The molecule has 0 fully saturated rings. The van der Waals surface area contributed by atoms with Crippen LogP contribution in [0.25, 0.3) is 0 Å². The average molecular weight is 204 g/mol. The van der Waals surface area contributed by atoms with Crippen LogP contribution in [0.4, 0.5) is 0 Å². The summed E-state index contributed by atoms with van der Waals surface area (Å²) in [5.74, 6) is 0.122. The number of nitrogens with zero attached hydrogens (tertiary/aromatic N) is 2. The fourth-order valence-corrected chi connectivity index (χ4v) is 1.16. The van der Waals surface area contributed by atoms with Crippen LogP contribution < -0.4 is 4.74 Å². The zero-order valence-electron chi connectivity index (χ0n) is 8.73. The number of ketones is 1. The molecular weight excluding hydrogens is 192 g/mol. The van der Waals surface area contributed by atoms with Crippen LogP contribution in [0.2, 0.25) is 0 Å². The van der Waals surface area contributed by atoms with Gasteiger partial charge in [-0.2, -0.15) is 5.26 Å². The summed E-state index contributed by atoms with van der Waals surface area (Å²) < 4.78 is 4.88. The van der Waals surface area contributed by atoms with E-state index in [1.54, 1.807) is 19.1 Å². The van der Waals surface area contributed by atoms with Crippen molar-refractivity contribution in [3.63, 3.8) is 0 Å². The number of rotatable bonds is 4. The number of pyridine rings is 1. The molecule has 0 radical (unpaired) electrons. The molecule has 78 valence electrons. The maximum Gasteiger partial charge on any atom is 0.212 e. The van der Waals surface area contributed by atoms with Crippen molar-refractivity contribution in [1.29, 1.82) is 5.26 Å². The van der Waals surface area contributed by atoms with Crippen molar-refractivity contribution in [2.75, 3.05) is 7.11 Å². The number of carbonyl (C=O) groups is 1. The maximum atomic E-state index is 11.7. The van der Waals surface area contributed by atoms with Crippen LogP contribution in [0.3, 0.4) is 0 Å². The van der Waals surface area contributed by atoms with E-state index in [9.17, 15) is 4.79 Å². The lowest BCUT2D eigenvalue weighted by atomic mass is 9.98. The van der Waals surface area contributed by atoms with E-state index in [4.69, 9.17) is 10.00 Å². The van der Waals surface area contributed by atoms with Crippen LogP contribution in [-0.4, -0.2) is 17.9 Å². The predicted molar refractivity (Wildman–Crippen MR) is 54.5 cm³/mol. The summed E-state index contributed by atoms with van der Waals surface area (Å²) >= 11 is 0. The zero-order chi connectivity index (χ0) is 11.3. The minimum Gasteiger partial charge on any atom is -0.481 e. The largest absolute Gasteiger partial charge is 0.481 e. The molecule has 0 bridgehead atoms. The number of hydrogen-bond donors (Lipinski definition) is 0. The highest BCUT2D eigenvalue weighted by atomic mass is 16.5. The van der Waals surface area contributed by atoms with Gasteiger partial charge in [-0.1, -0.05) is 6.92 Å². The molecule has 0 spiro atoms. The molecule has 0 aromatic carbocycles. The second kappa shape index (κ2) is 5.11. The minimum absolute atomic E-state index is 0.0632. The van der Waals surface area contributed by atoms with Crippen LogP contribution in [0, 0.1) is 17.2 Å². The van der Waals surface area contributed by atoms with Crippen molar-refractivity contribution < 1.29 is 9.53 Å². The molecule has 1 unspecified atom stereocenters. The van der Waals surface area contributed by atoms with Crippen LogP contribution in [-0.2, 0) is 0 Å². The number of carbonyl (C=O) groups excluding carboxylic acids is 1. The summed E-state index contributed by atoms with van der Waals surface area (Å²) in [7, 11) is 1.52. The maximum absolute atomic E-state index is 11.7. The smallest absolute Gasteiger partial charge is 0.212 e. The first-order chi connectivity index (χ1) is 7.19. The van der Waals surface area contributed by atoms with Crippen LogP contribution in [0.1, 0.15) is 23.7 Å². The van der Waals surface area contributed by atoms with E-state index in [1.165, 1.54) is 13.3 Å². The Morgan fingerprint density at radius 3 is 2.87 bits per heavy atom. The van der Waals surface area contributed by atoms with Crippen molar-refractivity contribution in [3.8, 4) is 11.9 Å². The number of aromatic nitrogens is 1. The molecular formula is C11H12N2O2. The zero-order valence-corrected chi connectivity index (χ0v) is 8.73. The number of nitriles is 1. The molecule has 0 aliphatic carbocycles. The summed E-state index contributed by atoms with van der Waals surface area (Å²) in [6.07, 6.45) is 1.69. The summed E-state index contributed by atoms with van der Waals surface area (Å²) in [4.78, 5) is 15.6. The van der Waals surface area contributed by atoms with Gasteiger partial charge in [-0.15, -0.1) is 0 Å². The van der Waals surface area contributed by atoms with E-state index in [-0.39, 0.29) is 18.1 Å². The standard InChI is InChI=1S/C11H12N2O2/c1-8(5-6-12)11(14)9-3-4-10(15-2)13-7-9/h3-4,7-8H,5H2,1-2H3. The average Bonchev–Trinajstić information content (AvgIpc) is 2.28. The quantitative estimate of drug-likeness (QED) is 0.702. The molecule has 1 aromatic heterocycles. The minimum atomic E-state index is -0.287. The van der Waals surface area contributed by atoms with Gasteiger partial charge in [0, 0.05) is 30.2 Å². The molecule has 4 nitrogen and oxygen atoms in total. The van der Waals surface area contributed by atoms with Crippen LogP contribution in [0.5, 0.6) is 5.88 Å². The molecule has 0 saturated heterocycles. The van der Waals surface area contributed by atoms with E-state index in [1.807, 2.05) is 6.07 Å². The molecule has 4 heteroatoms. The number of hydrogen-bond acceptors (Lipinski definition) is 4. The lowest BCUT2D eigenvalue weighted by Crippen LogP contribution is -2.10. The van der Waals surface area contributed by atoms with Crippen molar-refractivity contribution in [2.45, 2.75) is 13.3 Å². The number of methoxy groups -OCH3 is 1. The van der Waals surface area contributed by atoms with Gasteiger partial charge in [0.15, 0.2) is 5.78 Å². The van der Waals surface area contributed by atoms with Gasteiger partial charge in [0.1, 0.15) is 0 Å². The van der Waals surface area contributed by atoms with Gasteiger partial charge in [0.25, 0.3) is 0 Å². The fourth-order valence-electron chi connectivity index (χ4n) is 1.16. The molecule has 0 aliphatic rings. The molecule has 15 heavy (non-hydrogen) atoms. The summed E-state index contributed by atoms with van der Waals surface area (Å²) in [5, 5.41) is 8.48. The Bertz CT molecular complexity index is 379. The molecule has 1 atom stereocenters. The van der Waals surface area contributed by atoms with Crippen LogP contribution >= 0.6 is 0 Å². The van der Waals surface area contributed by atoms with Gasteiger partial charge in [-0.05, 0) is 6.07 Å². The predicted octanol–water partition coefficient (Wildman–Crippen LogP) is 1.82. The van der Waals surface area contributed by atoms with E-state index in [0.717, 1.165) is 0 Å². The van der Waals surface area contributed by atoms with E-state index >= 15 is 0 Å².